The lowest BCUT2D eigenvalue weighted by atomic mass is 9.75. The number of hydrogen-bond donors (Lipinski definition) is 3. The number of carbonyl (C=O) groups is 1. The van der Waals surface area contributed by atoms with Crippen molar-refractivity contribution in [2.24, 2.45) is 5.41 Å². The lowest BCUT2D eigenvalue weighted by molar-refractivity contribution is -0.132. The van der Waals surface area contributed by atoms with Crippen molar-refractivity contribution in [2.75, 3.05) is 30.8 Å². The molecular weight excluding hydrogens is 522 g/mol. The highest BCUT2D eigenvalue weighted by atomic mass is 32.2. The molecule has 9 nitrogen and oxygen atoms in total. The van der Waals surface area contributed by atoms with E-state index in [0.717, 1.165) is 29.8 Å². The van der Waals surface area contributed by atoms with Crippen molar-refractivity contribution in [3.63, 3.8) is 0 Å². The monoisotopic (exact) mass is 555 g/mol. The zero-order valence-electron chi connectivity index (χ0n) is 22.6. The third kappa shape index (κ3) is 6.52. The highest BCUT2D eigenvalue weighted by Gasteiger charge is 2.43. The summed E-state index contributed by atoms with van der Waals surface area (Å²) in [6.07, 6.45) is 7.27. The second kappa shape index (κ2) is 12.4. The number of rotatable bonds is 9. The number of benzene rings is 2. The van der Waals surface area contributed by atoms with Crippen LogP contribution in [0.1, 0.15) is 24.0 Å². The lowest BCUT2D eigenvalue weighted by Gasteiger charge is -2.40. The SMILES string of the molecule is CNC(=O)C1(Cc2cccnc2)CCCN(S(=O)c2ccc(Nc3nccc(Nc4ccc(C)cc4)n3)cc2)C1. The number of nitrogens with one attached hydrogen (secondary N) is 3. The number of piperidine rings is 1. The molecule has 3 heterocycles. The first-order chi connectivity index (χ1) is 19.4. The maximum Gasteiger partial charge on any atom is 0.229 e. The molecule has 2 unspecified atom stereocenters. The molecule has 1 aliphatic heterocycles. The Morgan fingerprint density at radius 3 is 2.48 bits per heavy atom. The summed E-state index contributed by atoms with van der Waals surface area (Å²) in [5, 5.41) is 9.33. The van der Waals surface area contributed by atoms with Crippen LogP contribution in [0.3, 0.4) is 0 Å². The predicted molar refractivity (Wildman–Crippen MR) is 158 cm³/mol. The normalized spacial score (nSPS) is 18.1. The van der Waals surface area contributed by atoms with E-state index in [4.69, 9.17) is 0 Å². The van der Waals surface area contributed by atoms with Crippen molar-refractivity contribution >= 4 is 40.0 Å². The molecule has 5 rings (SSSR count). The average molecular weight is 556 g/mol. The summed E-state index contributed by atoms with van der Waals surface area (Å²) in [4.78, 5) is 26.8. The van der Waals surface area contributed by atoms with Crippen LogP contribution in [0.15, 0.2) is 90.2 Å². The molecule has 40 heavy (non-hydrogen) atoms. The van der Waals surface area contributed by atoms with E-state index in [1.807, 2.05) is 78.0 Å². The molecule has 10 heteroatoms. The van der Waals surface area contributed by atoms with Gasteiger partial charge < -0.3 is 16.0 Å². The zero-order valence-corrected chi connectivity index (χ0v) is 23.4. The van der Waals surface area contributed by atoms with Crippen molar-refractivity contribution in [1.29, 1.82) is 0 Å². The number of carbonyl (C=O) groups excluding carboxylic acids is 1. The van der Waals surface area contributed by atoms with Gasteiger partial charge in [0.15, 0.2) is 0 Å². The fraction of sp³-hybridized carbons (Fsp3) is 0.267. The van der Waals surface area contributed by atoms with Crippen LogP contribution in [-0.4, -0.2) is 49.5 Å². The summed E-state index contributed by atoms with van der Waals surface area (Å²) in [6, 6.07) is 21.2. The van der Waals surface area contributed by atoms with Crippen molar-refractivity contribution in [3.05, 3.63) is 96.4 Å². The van der Waals surface area contributed by atoms with Crippen LogP contribution in [0.2, 0.25) is 0 Å². The largest absolute Gasteiger partial charge is 0.359 e. The third-order valence-corrected chi connectivity index (χ3v) is 8.50. The van der Waals surface area contributed by atoms with E-state index < -0.39 is 16.4 Å². The quantitative estimate of drug-likeness (QED) is 0.273. The molecule has 1 saturated heterocycles. The molecule has 0 spiro atoms. The second-order valence-corrected chi connectivity index (χ2v) is 11.5. The molecule has 2 atom stereocenters. The molecule has 0 bridgehead atoms. The summed E-state index contributed by atoms with van der Waals surface area (Å²) in [6.45, 7) is 3.11. The Balaban J connectivity index is 1.26. The van der Waals surface area contributed by atoms with Gasteiger partial charge in [0.25, 0.3) is 0 Å². The molecule has 0 aliphatic carbocycles. The Kier molecular flexibility index (Phi) is 8.47. The summed E-state index contributed by atoms with van der Waals surface area (Å²) >= 11 is 0. The molecule has 206 valence electrons. The first-order valence-electron chi connectivity index (χ1n) is 13.3. The summed E-state index contributed by atoms with van der Waals surface area (Å²) in [7, 11) is 0.253. The topological polar surface area (TPSA) is 112 Å². The lowest BCUT2D eigenvalue weighted by Crippen LogP contribution is -2.52. The van der Waals surface area contributed by atoms with Crippen LogP contribution >= 0.6 is 0 Å². The minimum Gasteiger partial charge on any atom is -0.359 e. The van der Waals surface area contributed by atoms with Crippen LogP contribution in [0, 0.1) is 12.3 Å². The highest BCUT2D eigenvalue weighted by molar-refractivity contribution is 7.82. The Hall–Kier alpha value is -4.15. The van der Waals surface area contributed by atoms with Crippen molar-refractivity contribution < 1.29 is 9.00 Å². The summed E-state index contributed by atoms with van der Waals surface area (Å²) < 4.78 is 15.5. The van der Waals surface area contributed by atoms with E-state index in [2.05, 4.69) is 30.9 Å². The number of hydrogen-bond acceptors (Lipinski definition) is 7. The maximum atomic E-state index is 13.6. The molecule has 1 aliphatic rings. The maximum absolute atomic E-state index is 13.6. The fourth-order valence-electron chi connectivity index (χ4n) is 5.01. The van der Waals surface area contributed by atoms with E-state index >= 15 is 0 Å². The van der Waals surface area contributed by atoms with E-state index in [9.17, 15) is 9.00 Å². The van der Waals surface area contributed by atoms with Crippen molar-refractivity contribution in [3.8, 4) is 0 Å². The zero-order chi connectivity index (χ0) is 28.0. The smallest absolute Gasteiger partial charge is 0.229 e. The van der Waals surface area contributed by atoms with Gasteiger partial charge >= 0.3 is 0 Å². The molecule has 3 N–H and O–H groups in total. The molecule has 1 fully saturated rings. The fourth-order valence-corrected chi connectivity index (χ4v) is 6.33. The van der Waals surface area contributed by atoms with Gasteiger partial charge in [-0.25, -0.2) is 13.5 Å². The first kappa shape index (κ1) is 27.4. The van der Waals surface area contributed by atoms with Crippen LogP contribution in [0.25, 0.3) is 0 Å². The third-order valence-electron chi connectivity index (χ3n) is 7.04. The van der Waals surface area contributed by atoms with Gasteiger partial charge in [0, 0.05) is 50.1 Å². The molecule has 4 aromatic rings. The van der Waals surface area contributed by atoms with Crippen LogP contribution in [0.5, 0.6) is 0 Å². The van der Waals surface area contributed by atoms with Crippen LogP contribution in [0.4, 0.5) is 23.1 Å². The highest BCUT2D eigenvalue weighted by Crippen LogP contribution is 2.35. The second-order valence-electron chi connectivity index (χ2n) is 10.0. The van der Waals surface area contributed by atoms with Crippen molar-refractivity contribution in [1.82, 2.24) is 24.6 Å². The van der Waals surface area contributed by atoms with Crippen LogP contribution in [-0.2, 0) is 22.2 Å². The number of anilines is 4. The van der Waals surface area contributed by atoms with Gasteiger partial charge in [0.1, 0.15) is 16.8 Å². The van der Waals surface area contributed by atoms with Crippen LogP contribution < -0.4 is 16.0 Å². The Morgan fingerprint density at radius 1 is 1.00 bits per heavy atom. The summed E-state index contributed by atoms with van der Waals surface area (Å²) in [5.74, 6) is 1.10. The molecule has 0 radical (unpaired) electrons. The summed E-state index contributed by atoms with van der Waals surface area (Å²) in [5.41, 5.74) is 3.25. The van der Waals surface area contributed by atoms with Gasteiger partial charge in [-0.3, -0.25) is 9.78 Å². The Morgan fingerprint density at radius 2 is 1.75 bits per heavy atom. The van der Waals surface area contributed by atoms with E-state index in [0.29, 0.717) is 36.2 Å². The molecular formula is C30H33N7O2S. The molecule has 2 aromatic carbocycles. The van der Waals surface area contributed by atoms with E-state index in [-0.39, 0.29) is 5.91 Å². The Labute approximate surface area is 237 Å². The average Bonchev–Trinajstić information content (AvgIpc) is 2.99. The standard InChI is InChI=1S/C30H33N7O2S/c1-22-6-8-24(9-7-22)34-27-14-17-33-29(36-27)35-25-10-12-26(13-11-25)40(39)37-18-4-15-30(21-37,28(38)31-2)19-23-5-3-16-32-20-23/h3,5-14,16-17,20H,4,15,18-19,21H2,1-2H3,(H,31,38)(H2,33,34,35,36). The molecule has 1 amide bonds. The van der Waals surface area contributed by atoms with Gasteiger partial charge in [-0.1, -0.05) is 23.8 Å². The minimum atomic E-state index is -1.41. The predicted octanol–water partition coefficient (Wildman–Crippen LogP) is 4.76. The minimum absolute atomic E-state index is 0.0308. The van der Waals surface area contributed by atoms with Gasteiger partial charge in [-0.2, -0.15) is 4.98 Å². The van der Waals surface area contributed by atoms with E-state index in [1.165, 1.54) is 5.56 Å². The van der Waals surface area contributed by atoms with Gasteiger partial charge in [0.05, 0.1) is 10.3 Å². The molecule has 0 saturated carbocycles. The number of nitrogens with zero attached hydrogens (tertiary/aromatic N) is 4. The van der Waals surface area contributed by atoms with Gasteiger partial charge in [-0.15, -0.1) is 0 Å². The van der Waals surface area contributed by atoms with E-state index in [1.54, 1.807) is 25.6 Å². The number of aromatic nitrogens is 3. The number of amides is 1. The first-order valence-corrected chi connectivity index (χ1v) is 14.4. The number of pyridine rings is 1. The Bertz CT molecular complexity index is 1470. The van der Waals surface area contributed by atoms with Gasteiger partial charge in [0.2, 0.25) is 11.9 Å². The number of aryl methyl sites for hydroxylation is 1. The van der Waals surface area contributed by atoms with Gasteiger partial charge in [-0.05, 0) is 80.3 Å². The van der Waals surface area contributed by atoms with Crippen molar-refractivity contribution in [2.45, 2.75) is 31.1 Å². The molecule has 2 aromatic heterocycles.